The molecule has 16 heavy (non-hydrogen) atoms. The zero-order valence-electron chi connectivity index (χ0n) is 10.4. The van der Waals surface area contributed by atoms with Crippen molar-refractivity contribution in [1.29, 1.82) is 0 Å². The van der Waals surface area contributed by atoms with Gasteiger partial charge in [0, 0.05) is 19.1 Å². The van der Waals surface area contributed by atoms with Crippen molar-refractivity contribution in [2.75, 3.05) is 13.1 Å². The minimum absolute atomic E-state index is 0.663. The van der Waals surface area contributed by atoms with Crippen molar-refractivity contribution >= 4 is 17.3 Å². The smallest absolute Gasteiger partial charge is 0.169 e. The summed E-state index contributed by atoms with van der Waals surface area (Å²) in [5.41, 5.74) is 0. The topological polar surface area (TPSA) is 15.3 Å². The molecule has 2 nitrogen and oxygen atoms in total. The van der Waals surface area contributed by atoms with Gasteiger partial charge in [-0.15, -0.1) is 0 Å². The SMILES string of the molecule is CCC1CCN(C(=S)NC2CCCC2)CC1. The van der Waals surface area contributed by atoms with E-state index < -0.39 is 0 Å². The van der Waals surface area contributed by atoms with Gasteiger partial charge in [-0.05, 0) is 43.8 Å². The molecule has 0 atom stereocenters. The third-order valence-corrected chi connectivity index (χ3v) is 4.54. The van der Waals surface area contributed by atoms with Gasteiger partial charge < -0.3 is 10.2 Å². The molecule has 92 valence electrons. The van der Waals surface area contributed by atoms with E-state index in [9.17, 15) is 0 Å². The number of hydrogen-bond acceptors (Lipinski definition) is 1. The summed E-state index contributed by atoms with van der Waals surface area (Å²) >= 11 is 5.50. The van der Waals surface area contributed by atoms with Gasteiger partial charge in [0.15, 0.2) is 5.11 Å². The Labute approximate surface area is 105 Å². The van der Waals surface area contributed by atoms with Gasteiger partial charge in [0.05, 0.1) is 0 Å². The van der Waals surface area contributed by atoms with Crippen molar-refractivity contribution in [2.45, 2.75) is 57.9 Å². The summed E-state index contributed by atoms with van der Waals surface area (Å²) in [4.78, 5) is 2.37. The Bertz CT molecular complexity index is 228. The second-order valence-electron chi connectivity index (χ2n) is 5.27. The highest BCUT2D eigenvalue weighted by Crippen LogP contribution is 2.21. The quantitative estimate of drug-likeness (QED) is 0.747. The summed E-state index contributed by atoms with van der Waals surface area (Å²) in [5.74, 6) is 0.936. The Morgan fingerprint density at radius 3 is 2.38 bits per heavy atom. The molecule has 0 aromatic carbocycles. The molecule has 1 aliphatic heterocycles. The van der Waals surface area contributed by atoms with E-state index in [0.717, 1.165) is 24.1 Å². The molecule has 0 radical (unpaired) electrons. The lowest BCUT2D eigenvalue weighted by atomic mass is 9.95. The van der Waals surface area contributed by atoms with E-state index >= 15 is 0 Å². The van der Waals surface area contributed by atoms with Gasteiger partial charge in [-0.3, -0.25) is 0 Å². The third-order valence-electron chi connectivity index (χ3n) is 4.16. The molecule has 3 heteroatoms. The molecule has 1 heterocycles. The van der Waals surface area contributed by atoms with E-state index in [1.807, 2.05) is 0 Å². The zero-order chi connectivity index (χ0) is 11.4. The fourth-order valence-corrected chi connectivity index (χ4v) is 3.23. The first-order valence-electron chi connectivity index (χ1n) is 6.85. The van der Waals surface area contributed by atoms with Crippen LogP contribution in [0.3, 0.4) is 0 Å². The molecule has 2 aliphatic rings. The average molecular weight is 240 g/mol. The van der Waals surface area contributed by atoms with Gasteiger partial charge in [-0.2, -0.15) is 0 Å². The van der Waals surface area contributed by atoms with E-state index in [0.29, 0.717) is 6.04 Å². The highest BCUT2D eigenvalue weighted by atomic mass is 32.1. The summed E-state index contributed by atoms with van der Waals surface area (Å²) in [6, 6.07) is 0.663. The summed E-state index contributed by atoms with van der Waals surface area (Å²) in [6.07, 6.45) is 9.34. The minimum atomic E-state index is 0.663. The molecule has 1 saturated heterocycles. The summed E-state index contributed by atoms with van der Waals surface area (Å²) in [6.45, 7) is 4.63. The maximum Gasteiger partial charge on any atom is 0.169 e. The molecule has 1 saturated carbocycles. The standard InChI is InChI=1S/C13H24N2S/c1-2-11-7-9-15(10-8-11)13(16)14-12-5-3-4-6-12/h11-12H,2-10H2,1H3,(H,14,16). The predicted molar refractivity (Wildman–Crippen MR) is 72.6 cm³/mol. The number of thiocarbonyl (C=S) groups is 1. The van der Waals surface area contributed by atoms with Crippen molar-refractivity contribution in [3.63, 3.8) is 0 Å². The molecule has 0 aromatic rings. The van der Waals surface area contributed by atoms with Crippen LogP contribution in [0.15, 0.2) is 0 Å². The second-order valence-corrected chi connectivity index (χ2v) is 5.66. The Morgan fingerprint density at radius 2 is 1.81 bits per heavy atom. The number of hydrogen-bond donors (Lipinski definition) is 1. The first-order chi connectivity index (χ1) is 7.79. The van der Waals surface area contributed by atoms with E-state index in [4.69, 9.17) is 12.2 Å². The Hall–Kier alpha value is -0.310. The van der Waals surface area contributed by atoms with Gasteiger partial charge in [-0.1, -0.05) is 26.2 Å². The van der Waals surface area contributed by atoms with E-state index in [2.05, 4.69) is 17.1 Å². The first kappa shape index (κ1) is 12.2. The number of rotatable bonds is 2. The molecule has 2 rings (SSSR count). The van der Waals surface area contributed by atoms with Crippen molar-refractivity contribution in [2.24, 2.45) is 5.92 Å². The van der Waals surface area contributed by atoms with Crippen LogP contribution in [0.25, 0.3) is 0 Å². The Kier molecular flexibility index (Phi) is 4.45. The first-order valence-corrected chi connectivity index (χ1v) is 7.26. The van der Waals surface area contributed by atoms with E-state index in [-0.39, 0.29) is 0 Å². The van der Waals surface area contributed by atoms with Crippen LogP contribution in [0.4, 0.5) is 0 Å². The monoisotopic (exact) mass is 240 g/mol. The normalized spacial score (nSPS) is 23.7. The van der Waals surface area contributed by atoms with Gasteiger partial charge in [0.25, 0.3) is 0 Å². The van der Waals surface area contributed by atoms with Crippen LogP contribution in [0.2, 0.25) is 0 Å². The van der Waals surface area contributed by atoms with Crippen LogP contribution in [-0.2, 0) is 0 Å². The average Bonchev–Trinajstić information content (AvgIpc) is 2.82. The summed E-state index contributed by atoms with van der Waals surface area (Å²) in [5, 5.41) is 4.55. The fraction of sp³-hybridized carbons (Fsp3) is 0.923. The number of nitrogens with zero attached hydrogens (tertiary/aromatic N) is 1. The second kappa shape index (κ2) is 5.85. The summed E-state index contributed by atoms with van der Waals surface area (Å²) < 4.78 is 0. The molecule has 0 unspecified atom stereocenters. The lowest BCUT2D eigenvalue weighted by Crippen LogP contribution is -2.47. The highest BCUT2D eigenvalue weighted by molar-refractivity contribution is 7.80. The number of nitrogens with one attached hydrogen (secondary N) is 1. The van der Waals surface area contributed by atoms with Crippen LogP contribution in [0.1, 0.15) is 51.9 Å². The number of likely N-dealkylation sites (tertiary alicyclic amines) is 1. The van der Waals surface area contributed by atoms with Gasteiger partial charge in [0.2, 0.25) is 0 Å². The largest absolute Gasteiger partial charge is 0.360 e. The van der Waals surface area contributed by atoms with Crippen molar-refractivity contribution in [1.82, 2.24) is 10.2 Å². The maximum atomic E-state index is 5.50. The number of piperidine rings is 1. The fourth-order valence-electron chi connectivity index (χ4n) is 2.88. The van der Waals surface area contributed by atoms with Crippen LogP contribution < -0.4 is 5.32 Å². The van der Waals surface area contributed by atoms with Gasteiger partial charge >= 0.3 is 0 Å². The maximum absolute atomic E-state index is 5.50. The molecular formula is C13H24N2S. The van der Waals surface area contributed by atoms with Crippen LogP contribution >= 0.6 is 12.2 Å². The molecule has 2 fully saturated rings. The van der Waals surface area contributed by atoms with E-state index in [1.54, 1.807) is 0 Å². The van der Waals surface area contributed by atoms with Crippen LogP contribution in [0.5, 0.6) is 0 Å². The van der Waals surface area contributed by atoms with Crippen LogP contribution in [-0.4, -0.2) is 29.1 Å². The Morgan fingerprint density at radius 1 is 1.19 bits per heavy atom. The molecule has 0 amide bonds. The van der Waals surface area contributed by atoms with Crippen molar-refractivity contribution in [3.8, 4) is 0 Å². The lowest BCUT2D eigenvalue weighted by Gasteiger charge is -2.34. The van der Waals surface area contributed by atoms with Crippen molar-refractivity contribution in [3.05, 3.63) is 0 Å². The molecular weight excluding hydrogens is 216 g/mol. The lowest BCUT2D eigenvalue weighted by molar-refractivity contribution is 0.257. The molecule has 0 aromatic heterocycles. The van der Waals surface area contributed by atoms with Crippen molar-refractivity contribution < 1.29 is 0 Å². The van der Waals surface area contributed by atoms with Gasteiger partial charge in [0.1, 0.15) is 0 Å². The molecule has 1 aliphatic carbocycles. The Balaban J connectivity index is 1.73. The molecule has 1 N–H and O–H groups in total. The van der Waals surface area contributed by atoms with Gasteiger partial charge in [-0.25, -0.2) is 0 Å². The van der Waals surface area contributed by atoms with E-state index in [1.165, 1.54) is 44.9 Å². The highest BCUT2D eigenvalue weighted by Gasteiger charge is 2.22. The minimum Gasteiger partial charge on any atom is -0.360 e. The zero-order valence-corrected chi connectivity index (χ0v) is 11.2. The summed E-state index contributed by atoms with van der Waals surface area (Å²) in [7, 11) is 0. The molecule has 0 bridgehead atoms. The predicted octanol–water partition coefficient (Wildman–Crippen LogP) is 2.93. The van der Waals surface area contributed by atoms with Crippen LogP contribution in [0, 0.1) is 5.92 Å². The molecule has 0 spiro atoms. The third kappa shape index (κ3) is 3.09.